The SMILES string of the molecule is CCCCCCOC(=O)/C(=C\C(N)=O)C1CCCCC1. The first-order chi connectivity index (χ1) is 9.65. The molecule has 0 radical (unpaired) electrons. The molecule has 4 nitrogen and oxygen atoms in total. The van der Waals surface area contributed by atoms with Crippen molar-refractivity contribution in [3.8, 4) is 0 Å². The second-order valence-electron chi connectivity index (χ2n) is 5.53. The van der Waals surface area contributed by atoms with Crippen LogP contribution in [0.2, 0.25) is 0 Å². The molecule has 0 aromatic carbocycles. The summed E-state index contributed by atoms with van der Waals surface area (Å²) in [5.74, 6) is -0.778. The molecule has 2 N–H and O–H groups in total. The average molecular weight is 281 g/mol. The molecule has 1 rings (SSSR count). The highest BCUT2D eigenvalue weighted by molar-refractivity contribution is 5.98. The molecule has 1 fully saturated rings. The zero-order valence-corrected chi connectivity index (χ0v) is 12.5. The minimum absolute atomic E-state index is 0.138. The van der Waals surface area contributed by atoms with Gasteiger partial charge in [0, 0.05) is 11.6 Å². The molecule has 1 aliphatic rings. The van der Waals surface area contributed by atoms with Crippen LogP contribution in [0.15, 0.2) is 11.6 Å². The molecule has 1 aliphatic carbocycles. The lowest BCUT2D eigenvalue weighted by molar-refractivity contribution is -0.140. The van der Waals surface area contributed by atoms with Crippen LogP contribution in [0.1, 0.15) is 64.7 Å². The van der Waals surface area contributed by atoms with Gasteiger partial charge in [0.25, 0.3) is 0 Å². The van der Waals surface area contributed by atoms with Gasteiger partial charge < -0.3 is 10.5 Å². The summed E-state index contributed by atoms with van der Waals surface area (Å²) >= 11 is 0. The topological polar surface area (TPSA) is 69.4 Å². The van der Waals surface area contributed by atoms with Gasteiger partial charge >= 0.3 is 5.97 Å². The number of carbonyl (C=O) groups excluding carboxylic acids is 2. The largest absolute Gasteiger partial charge is 0.462 e. The van der Waals surface area contributed by atoms with Crippen LogP contribution in [-0.2, 0) is 14.3 Å². The van der Waals surface area contributed by atoms with Gasteiger partial charge in [-0.2, -0.15) is 0 Å². The van der Waals surface area contributed by atoms with E-state index in [1.165, 1.54) is 12.5 Å². The summed E-state index contributed by atoms with van der Waals surface area (Å²) in [5.41, 5.74) is 5.69. The fourth-order valence-electron chi connectivity index (χ4n) is 2.69. The first-order valence-electron chi connectivity index (χ1n) is 7.83. The highest BCUT2D eigenvalue weighted by Crippen LogP contribution is 2.30. The number of nitrogens with two attached hydrogens (primary N) is 1. The first kappa shape index (κ1) is 16.7. The van der Waals surface area contributed by atoms with Gasteiger partial charge in [-0.3, -0.25) is 4.79 Å². The summed E-state index contributed by atoms with van der Waals surface area (Å²) in [7, 11) is 0. The van der Waals surface area contributed by atoms with Crippen LogP contribution < -0.4 is 5.73 Å². The Morgan fingerprint density at radius 3 is 2.45 bits per heavy atom. The van der Waals surface area contributed by atoms with Gasteiger partial charge in [0.1, 0.15) is 0 Å². The van der Waals surface area contributed by atoms with Gasteiger partial charge in [-0.1, -0.05) is 45.4 Å². The van der Waals surface area contributed by atoms with Crippen LogP contribution in [0.4, 0.5) is 0 Å². The number of carbonyl (C=O) groups is 2. The van der Waals surface area contributed by atoms with Gasteiger partial charge in [-0.05, 0) is 25.2 Å². The molecule has 0 heterocycles. The van der Waals surface area contributed by atoms with Crippen molar-refractivity contribution in [2.75, 3.05) is 6.61 Å². The normalized spacial score (nSPS) is 16.9. The number of amides is 1. The summed E-state index contributed by atoms with van der Waals surface area (Å²) in [6.45, 7) is 2.57. The molecule has 0 bridgehead atoms. The van der Waals surface area contributed by atoms with E-state index >= 15 is 0 Å². The molecule has 0 aromatic heterocycles. The number of hydrogen-bond donors (Lipinski definition) is 1. The zero-order valence-electron chi connectivity index (χ0n) is 12.5. The summed E-state index contributed by atoms with van der Waals surface area (Å²) < 4.78 is 5.29. The van der Waals surface area contributed by atoms with Crippen molar-refractivity contribution in [2.45, 2.75) is 64.7 Å². The van der Waals surface area contributed by atoms with E-state index in [9.17, 15) is 9.59 Å². The van der Waals surface area contributed by atoms with Gasteiger partial charge in [0.2, 0.25) is 5.91 Å². The third-order valence-corrected chi connectivity index (χ3v) is 3.81. The second-order valence-corrected chi connectivity index (χ2v) is 5.53. The van der Waals surface area contributed by atoms with Crippen molar-refractivity contribution in [1.82, 2.24) is 0 Å². The van der Waals surface area contributed by atoms with E-state index in [1.807, 2.05) is 0 Å². The minimum Gasteiger partial charge on any atom is -0.462 e. The summed E-state index contributed by atoms with van der Waals surface area (Å²) in [6.07, 6.45) is 10.8. The zero-order chi connectivity index (χ0) is 14.8. The molecular weight excluding hydrogens is 254 g/mol. The van der Waals surface area contributed by atoms with E-state index < -0.39 is 5.91 Å². The highest BCUT2D eigenvalue weighted by Gasteiger charge is 2.24. The fourth-order valence-corrected chi connectivity index (χ4v) is 2.69. The lowest BCUT2D eigenvalue weighted by atomic mass is 9.83. The quantitative estimate of drug-likeness (QED) is 0.422. The Hall–Kier alpha value is -1.32. The number of rotatable bonds is 8. The van der Waals surface area contributed by atoms with E-state index in [2.05, 4.69) is 6.92 Å². The monoisotopic (exact) mass is 281 g/mol. The number of ether oxygens (including phenoxy) is 1. The molecule has 1 saturated carbocycles. The Morgan fingerprint density at radius 1 is 1.15 bits per heavy atom. The lowest BCUT2D eigenvalue weighted by Crippen LogP contribution is -2.21. The maximum atomic E-state index is 12.1. The lowest BCUT2D eigenvalue weighted by Gasteiger charge is -2.23. The summed E-state index contributed by atoms with van der Waals surface area (Å²) in [5, 5.41) is 0. The number of unbranched alkanes of at least 4 members (excludes halogenated alkanes) is 3. The summed E-state index contributed by atoms with van der Waals surface area (Å²) in [6, 6.07) is 0. The highest BCUT2D eigenvalue weighted by atomic mass is 16.5. The summed E-state index contributed by atoms with van der Waals surface area (Å²) in [4.78, 5) is 23.2. The van der Waals surface area contributed by atoms with Crippen molar-refractivity contribution in [3.05, 3.63) is 11.6 Å². The van der Waals surface area contributed by atoms with Crippen LogP contribution >= 0.6 is 0 Å². The second kappa shape index (κ2) is 9.56. The molecule has 0 aliphatic heterocycles. The standard InChI is InChI=1S/C16H27NO3/c1-2-3-4-8-11-20-16(19)14(12-15(17)18)13-9-6-5-7-10-13/h12-13H,2-11H2,1H3,(H2,17,18)/b14-12-. The van der Waals surface area contributed by atoms with E-state index in [4.69, 9.17) is 10.5 Å². The van der Waals surface area contributed by atoms with Gasteiger partial charge in [0.15, 0.2) is 0 Å². The van der Waals surface area contributed by atoms with Gasteiger partial charge in [-0.25, -0.2) is 4.79 Å². The van der Waals surface area contributed by atoms with Crippen molar-refractivity contribution in [3.63, 3.8) is 0 Å². The first-order valence-corrected chi connectivity index (χ1v) is 7.83. The molecule has 0 saturated heterocycles. The van der Waals surface area contributed by atoms with Gasteiger partial charge in [0.05, 0.1) is 6.61 Å². The Bertz CT molecular complexity index is 344. The molecule has 20 heavy (non-hydrogen) atoms. The number of hydrogen-bond acceptors (Lipinski definition) is 3. The molecular formula is C16H27NO3. The van der Waals surface area contributed by atoms with E-state index in [0.29, 0.717) is 12.2 Å². The third kappa shape index (κ3) is 6.22. The van der Waals surface area contributed by atoms with E-state index in [1.54, 1.807) is 0 Å². The molecule has 0 spiro atoms. The maximum absolute atomic E-state index is 12.1. The van der Waals surface area contributed by atoms with Crippen LogP contribution in [-0.4, -0.2) is 18.5 Å². The predicted octanol–water partition coefficient (Wildman–Crippen LogP) is 3.10. The molecule has 114 valence electrons. The van der Waals surface area contributed by atoms with Crippen molar-refractivity contribution in [2.24, 2.45) is 11.7 Å². The van der Waals surface area contributed by atoms with E-state index in [0.717, 1.165) is 51.4 Å². The third-order valence-electron chi connectivity index (χ3n) is 3.81. The van der Waals surface area contributed by atoms with Crippen LogP contribution in [0.25, 0.3) is 0 Å². The Balaban J connectivity index is 2.50. The molecule has 0 aromatic rings. The fraction of sp³-hybridized carbons (Fsp3) is 0.750. The smallest absolute Gasteiger partial charge is 0.334 e. The predicted molar refractivity (Wildman–Crippen MR) is 79.0 cm³/mol. The number of primary amides is 1. The van der Waals surface area contributed by atoms with Crippen molar-refractivity contribution in [1.29, 1.82) is 0 Å². The molecule has 0 atom stereocenters. The number of esters is 1. The van der Waals surface area contributed by atoms with Gasteiger partial charge in [-0.15, -0.1) is 0 Å². The van der Waals surface area contributed by atoms with Crippen molar-refractivity contribution >= 4 is 11.9 Å². The van der Waals surface area contributed by atoms with Crippen molar-refractivity contribution < 1.29 is 14.3 Å². The molecule has 4 heteroatoms. The molecule has 0 unspecified atom stereocenters. The Kier molecular flexibility index (Phi) is 8.00. The van der Waals surface area contributed by atoms with E-state index in [-0.39, 0.29) is 11.9 Å². The van der Waals surface area contributed by atoms with Crippen LogP contribution in [0, 0.1) is 5.92 Å². The average Bonchev–Trinajstić information content (AvgIpc) is 2.45. The van der Waals surface area contributed by atoms with Crippen LogP contribution in [0.3, 0.4) is 0 Å². The Labute approximate surface area is 121 Å². The maximum Gasteiger partial charge on any atom is 0.334 e. The minimum atomic E-state index is -0.562. The molecule has 1 amide bonds. The van der Waals surface area contributed by atoms with Crippen LogP contribution in [0.5, 0.6) is 0 Å². The Morgan fingerprint density at radius 2 is 1.85 bits per heavy atom.